The van der Waals surface area contributed by atoms with E-state index in [1.165, 1.54) is 0 Å². The largest absolute Gasteiger partial charge is 0.384 e. The first-order valence-electron chi connectivity index (χ1n) is 5.94. The standard InChI is InChI=1S/C12H23N3O/c1-5-11(6-2)13-9-12(3,16)10-7-14-15(4)8-10/h7-8,11,13,16H,5-6,9H2,1-4H3. The Labute approximate surface area is 97.7 Å². The van der Waals surface area contributed by atoms with Gasteiger partial charge < -0.3 is 10.4 Å². The molecule has 0 radical (unpaired) electrons. The summed E-state index contributed by atoms with van der Waals surface area (Å²) in [6.45, 7) is 6.68. The minimum absolute atomic E-state index is 0.475. The molecular weight excluding hydrogens is 202 g/mol. The summed E-state index contributed by atoms with van der Waals surface area (Å²) in [5, 5.41) is 17.8. The van der Waals surface area contributed by atoms with Crippen LogP contribution in [0.25, 0.3) is 0 Å². The highest BCUT2D eigenvalue weighted by Crippen LogP contribution is 2.18. The molecule has 0 saturated carbocycles. The van der Waals surface area contributed by atoms with E-state index in [1.807, 2.05) is 20.2 Å². The van der Waals surface area contributed by atoms with Gasteiger partial charge in [-0.2, -0.15) is 5.10 Å². The lowest BCUT2D eigenvalue weighted by molar-refractivity contribution is 0.0534. The van der Waals surface area contributed by atoms with E-state index < -0.39 is 5.60 Å². The van der Waals surface area contributed by atoms with Crippen LogP contribution in [0.2, 0.25) is 0 Å². The number of aromatic nitrogens is 2. The smallest absolute Gasteiger partial charge is 0.102 e. The van der Waals surface area contributed by atoms with Crippen molar-refractivity contribution in [2.75, 3.05) is 6.54 Å². The SMILES string of the molecule is CCC(CC)NCC(C)(O)c1cnn(C)c1. The lowest BCUT2D eigenvalue weighted by Crippen LogP contribution is -2.40. The highest BCUT2D eigenvalue weighted by atomic mass is 16.3. The molecule has 4 heteroatoms. The number of nitrogens with one attached hydrogen (secondary N) is 1. The van der Waals surface area contributed by atoms with E-state index in [0.29, 0.717) is 12.6 Å². The summed E-state index contributed by atoms with van der Waals surface area (Å²) in [6.07, 6.45) is 5.74. The number of nitrogens with zero attached hydrogens (tertiary/aromatic N) is 2. The third-order valence-electron chi connectivity index (χ3n) is 3.05. The van der Waals surface area contributed by atoms with E-state index in [-0.39, 0.29) is 0 Å². The third-order valence-corrected chi connectivity index (χ3v) is 3.05. The Morgan fingerprint density at radius 2 is 2.12 bits per heavy atom. The van der Waals surface area contributed by atoms with Crippen molar-refractivity contribution in [2.45, 2.75) is 45.3 Å². The molecule has 92 valence electrons. The van der Waals surface area contributed by atoms with E-state index in [1.54, 1.807) is 10.9 Å². The highest BCUT2D eigenvalue weighted by Gasteiger charge is 2.25. The summed E-state index contributed by atoms with van der Waals surface area (Å²) in [5.41, 5.74) is 0.00470. The average Bonchev–Trinajstić information content (AvgIpc) is 2.67. The number of aliphatic hydroxyl groups is 1. The van der Waals surface area contributed by atoms with Crippen LogP contribution in [0.15, 0.2) is 12.4 Å². The minimum atomic E-state index is -0.850. The Balaban J connectivity index is 2.58. The quantitative estimate of drug-likeness (QED) is 0.769. The van der Waals surface area contributed by atoms with Crippen molar-refractivity contribution in [3.8, 4) is 0 Å². The molecule has 1 rings (SSSR count). The Morgan fingerprint density at radius 1 is 1.50 bits per heavy atom. The maximum Gasteiger partial charge on any atom is 0.102 e. The Hall–Kier alpha value is -0.870. The van der Waals surface area contributed by atoms with Gasteiger partial charge in [0.2, 0.25) is 0 Å². The molecule has 0 aliphatic rings. The van der Waals surface area contributed by atoms with Crippen LogP contribution < -0.4 is 5.32 Å². The molecule has 1 atom stereocenters. The van der Waals surface area contributed by atoms with Crippen molar-refractivity contribution in [1.29, 1.82) is 0 Å². The third kappa shape index (κ3) is 3.32. The Bertz CT molecular complexity index is 316. The van der Waals surface area contributed by atoms with Crippen LogP contribution in [0, 0.1) is 0 Å². The van der Waals surface area contributed by atoms with Gasteiger partial charge in [0.25, 0.3) is 0 Å². The number of hydrogen-bond donors (Lipinski definition) is 2. The zero-order valence-electron chi connectivity index (χ0n) is 10.7. The summed E-state index contributed by atoms with van der Waals surface area (Å²) in [4.78, 5) is 0. The second kappa shape index (κ2) is 5.46. The van der Waals surface area contributed by atoms with Crippen molar-refractivity contribution in [2.24, 2.45) is 7.05 Å². The van der Waals surface area contributed by atoms with E-state index in [4.69, 9.17) is 0 Å². The van der Waals surface area contributed by atoms with Gasteiger partial charge in [-0.1, -0.05) is 13.8 Å². The predicted octanol–water partition coefficient (Wildman–Crippen LogP) is 1.41. The van der Waals surface area contributed by atoms with Gasteiger partial charge in [0.05, 0.1) is 6.20 Å². The van der Waals surface area contributed by atoms with Gasteiger partial charge >= 0.3 is 0 Å². The van der Waals surface area contributed by atoms with Crippen LogP contribution in [0.5, 0.6) is 0 Å². The van der Waals surface area contributed by atoms with Crippen LogP contribution in [0.4, 0.5) is 0 Å². The molecule has 1 aromatic heterocycles. The molecule has 0 aromatic carbocycles. The molecule has 4 nitrogen and oxygen atoms in total. The Kier molecular flexibility index (Phi) is 4.50. The van der Waals surface area contributed by atoms with Gasteiger partial charge in [0, 0.05) is 31.4 Å². The molecule has 0 saturated heterocycles. The van der Waals surface area contributed by atoms with E-state index in [0.717, 1.165) is 18.4 Å². The molecule has 0 bridgehead atoms. The number of aryl methyl sites for hydroxylation is 1. The fourth-order valence-electron chi connectivity index (χ4n) is 1.72. The van der Waals surface area contributed by atoms with Gasteiger partial charge in [-0.05, 0) is 19.8 Å². The molecule has 0 spiro atoms. The molecule has 0 aliphatic heterocycles. The van der Waals surface area contributed by atoms with Crippen molar-refractivity contribution in [3.63, 3.8) is 0 Å². The maximum atomic E-state index is 10.3. The summed E-state index contributed by atoms with van der Waals surface area (Å²) in [5.74, 6) is 0. The molecule has 1 unspecified atom stereocenters. The van der Waals surface area contributed by atoms with Crippen LogP contribution in [0.1, 0.15) is 39.2 Å². The van der Waals surface area contributed by atoms with Crippen LogP contribution in [-0.2, 0) is 12.6 Å². The van der Waals surface area contributed by atoms with Gasteiger partial charge in [0.15, 0.2) is 0 Å². The highest BCUT2D eigenvalue weighted by molar-refractivity contribution is 5.14. The molecule has 2 N–H and O–H groups in total. The lowest BCUT2D eigenvalue weighted by atomic mass is 9.99. The molecule has 0 fully saturated rings. The number of rotatable bonds is 6. The Morgan fingerprint density at radius 3 is 2.56 bits per heavy atom. The fraction of sp³-hybridized carbons (Fsp3) is 0.750. The first-order chi connectivity index (χ1) is 7.49. The van der Waals surface area contributed by atoms with Crippen LogP contribution >= 0.6 is 0 Å². The minimum Gasteiger partial charge on any atom is -0.384 e. The van der Waals surface area contributed by atoms with Crippen molar-refractivity contribution in [1.82, 2.24) is 15.1 Å². The maximum absolute atomic E-state index is 10.3. The zero-order valence-corrected chi connectivity index (χ0v) is 10.7. The second-order valence-electron chi connectivity index (χ2n) is 4.57. The molecule has 16 heavy (non-hydrogen) atoms. The topological polar surface area (TPSA) is 50.1 Å². The average molecular weight is 225 g/mol. The molecule has 0 aliphatic carbocycles. The number of hydrogen-bond acceptors (Lipinski definition) is 3. The van der Waals surface area contributed by atoms with Gasteiger partial charge in [0.1, 0.15) is 5.60 Å². The van der Waals surface area contributed by atoms with Crippen LogP contribution in [0.3, 0.4) is 0 Å². The monoisotopic (exact) mass is 225 g/mol. The first-order valence-corrected chi connectivity index (χ1v) is 5.94. The molecular formula is C12H23N3O. The predicted molar refractivity (Wildman–Crippen MR) is 65.2 cm³/mol. The second-order valence-corrected chi connectivity index (χ2v) is 4.57. The van der Waals surface area contributed by atoms with Gasteiger partial charge in [-0.3, -0.25) is 4.68 Å². The lowest BCUT2D eigenvalue weighted by Gasteiger charge is -2.25. The fourth-order valence-corrected chi connectivity index (χ4v) is 1.72. The van der Waals surface area contributed by atoms with Crippen LogP contribution in [-0.4, -0.2) is 27.5 Å². The van der Waals surface area contributed by atoms with Crippen molar-refractivity contribution >= 4 is 0 Å². The van der Waals surface area contributed by atoms with Gasteiger partial charge in [-0.25, -0.2) is 0 Å². The van der Waals surface area contributed by atoms with Crippen molar-refractivity contribution < 1.29 is 5.11 Å². The summed E-state index contributed by atoms with van der Waals surface area (Å²) in [6, 6.07) is 0.475. The first kappa shape index (κ1) is 13.2. The van der Waals surface area contributed by atoms with E-state index in [9.17, 15) is 5.11 Å². The van der Waals surface area contributed by atoms with Gasteiger partial charge in [-0.15, -0.1) is 0 Å². The summed E-state index contributed by atoms with van der Waals surface area (Å²) < 4.78 is 1.71. The molecule has 0 amide bonds. The summed E-state index contributed by atoms with van der Waals surface area (Å²) in [7, 11) is 1.86. The zero-order chi connectivity index (χ0) is 12.2. The molecule has 1 heterocycles. The van der Waals surface area contributed by atoms with Crippen molar-refractivity contribution in [3.05, 3.63) is 18.0 Å². The van der Waals surface area contributed by atoms with E-state index >= 15 is 0 Å². The molecule has 1 aromatic rings. The normalized spacial score (nSPS) is 15.4. The summed E-state index contributed by atoms with van der Waals surface area (Å²) >= 11 is 0. The van der Waals surface area contributed by atoms with E-state index in [2.05, 4.69) is 24.3 Å².